The topological polar surface area (TPSA) is 15.3 Å². The second-order valence-corrected chi connectivity index (χ2v) is 5.30. The van der Waals surface area contributed by atoms with Gasteiger partial charge < -0.3 is 10.2 Å². The average molecular weight is 210 g/mol. The fourth-order valence-electron chi connectivity index (χ4n) is 3.26. The molecular formula is C13H26N2. The Kier molecular flexibility index (Phi) is 4.45. The van der Waals surface area contributed by atoms with Crippen LogP contribution in [0.5, 0.6) is 0 Å². The van der Waals surface area contributed by atoms with Crippen molar-refractivity contribution < 1.29 is 0 Å². The van der Waals surface area contributed by atoms with Crippen molar-refractivity contribution >= 4 is 0 Å². The highest BCUT2D eigenvalue weighted by Gasteiger charge is 2.25. The first-order valence-electron chi connectivity index (χ1n) is 6.80. The summed E-state index contributed by atoms with van der Waals surface area (Å²) in [7, 11) is 2.15. The van der Waals surface area contributed by atoms with E-state index in [9.17, 15) is 0 Å². The first-order valence-corrected chi connectivity index (χ1v) is 6.80. The van der Waals surface area contributed by atoms with Crippen LogP contribution in [0.4, 0.5) is 0 Å². The highest BCUT2D eigenvalue weighted by atomic mass is 15.2. The summed E-state index contributed by atoms with van der Waals surface area (Å²) < 4.78 is 0. The lowest BCUT2D eigenvalue weighted by Gasteiger charge is -2.32. The van der Waals surface area contributed by atoms with Crippen molar-refractivity contribution in [3.8, 4) is 0 Å². The average Bonchev–Trinajstić information content (AvgIpc) is 2.80. The molecule has 1 saturated carbocycles. The molecule has 1 N–H and O–H groups in total. The van der Waals surface area contributed by atoms with Crippen LogP contribution in [-0.4, -0.2) is 37.6 Å². The summed E-state index contributed by atoms with van der Waals surface area (Å²) >= 11 is 0. The molecule has 1 atom stereocenters. The van der Waals surface area contributed by atoms with Gasteiger partial charge in [0.05, 0.1) is 0 Å². The molecule has 0 spiro atoms. The van der Waals surface area contributed by atoms with Crippen molar-refractivity contribution in [3.63, 3.8) is 0 Å². The molecule has 2 heteroatoms. The van der Waals surface area contributed by atoms with Crippen LogP contribution in [0, 0.1) is 5.92 Å². The van der Waals surface area contributed by atoms with Crippen molar-refractivity contribution in [1.82, 2.24) is 10.2 Å². The lowest BCUT2D eigenvalue weighted by atomic mass is 9.84. The van der Waals surface area contributed by atoms with Crippen LogP contribution >= 0.6 is 0 Å². The third-order valence-corrected chi connectivity index (χ3v) is 4.24. The molecule has 2 rings (SSSR count). The molecule has 1 aliphatic heterocycles. The summed E-state index contributed by atoms with van der Waals surface area (Å²) in [4.78, 5) is 2.65. The monoisotopic (exact) mass is 210 g/mol. The Balaban J connectivity index is 1.79. The minimum atomic E-state index is 0.753. The number of rotatable bonds is 4. The van der Waals surface area contributed by atoms with Crippen LogP contribution in [0.3, 0.4) is 0 Å². The highest BCUT2D eigenvalue weighted by Crippen LogP contribution is 2.27. The molecular weight excluding hydrogens is 184 g/mol. The van der Waals surface area contributed by atoms with Gasteiger partial charge in [-0.3, -0.25) is 0 Å². The summed E-state index contributed by atoms with van der Waals surface area (Å²) in [5.41, 5.74) is 0. The van der Waals surface area contributed by atoms with E-state index in [1.807, 2.05) is 0 Å². The van der Waals surface area contributed by atoms with Gasteiger partial charge in [-0.05, 0) is 51.7 Å². The SMILES string of the molecule is CN[C@@H](CN1CCCC1)C1CCCCC1. The quantitative estimate of drug-likeness (QED) is 0.765. The Labute approximate surface area is 94.4 Å². The number of hydrogen-bond donors (Lipinski definition) is 1. The Bertz CT molecular complexity index is 169. The Morgan fingerprint density at radius 3 is 2.33 bits per heavy atom. The molecule has 2 nitrogen and oxygen atoms in total. The molecule has 2 aliphatic rings. The molecule has 0 unspecified atom stereocenters. The predicted molar refractivity (Wildman–Crippen MR) is 65.1 cm³/mol. The van der Waals surface area contributed by atoms with Crippen LogP contribution in [0.15, 0.2) is 0 Å². The van der Waals surface area contributed by atoms with E-state index in [0.29, 0.717) is 0 Å². The van der Waals surface area contributed by atoms with E-state index in [1.54, 1.807) is 0 Å². The predicted octanol–water partition coefficient (Wildman–Crippen LogP) is 2.25. The molecule has 0 amide bonds. The van der Waals surface area contributed by atoms with Gasteiger partial charge in [-0.2, -0.15) is 0 Å². The summed E-state index contributed by atoms with van der Waals surface area (Å²) in [6, 6.07) is 0.753. The van der Waals surface area contributed by atoms with Gasteiger partial charge in [0.1, 0.15) is 0 Å². The van der Waals surface area contributed by atoms with Gasteiger partial charge in [0.15, 0.2) is 0 Å². The molecule has 0 radical (unpaired) electrons. The number of nitrogens with one attached hydrogen (secondary N) is 1. The van der Waals surface area contributed by atoms with Crippen LogP contribution in [0.2, 0.25) is 0 Å². The molecule has 0 aromatic rings. The van der Waals surface area contributed by atoms with Gasteiger partial charge in [0, 0.05) is 12.6 Å². The van der Waals surface area contributed by atoms with Crippen molar-refractivity contribution in [1.29, 1.82) is 0 Å². The van der Waals surface area contributed by atoms with Crippen LogP contribution in [0.25, 0.3) is 0 Å². The standard InChI is InChI=1S/C13H26N2/c1-14-13(11-15-9-5-6-10-15)12-7-3-2-4-8-12/h12-14H,2-11H2,1H3/t13-/m0/s1. The zero-order valence-corrected chi connectivity index (χ0v) is 10.2. The van der Waals surface area contributed by atoms with Gasteiger partial charge >= 0.3 is 0 Å². The summed E-state index contributed by atoms with van der Waals surface area (Å²) in [5.74, 6) is 0.948. The maximum absolute atomic E-state index is 3.56. The Morgan fingerprint density at radius 2 is 1.73 bits per heavy atom. The molecule has 0 aromatic carbocycles. The first-order chi connectivity index (χ1) is 7.40. The van der Waals surface area contributed by atoms with E-state index >= 15 is 0 Å². The largest absolute Gasteiger partial charge is 0.315 e. The molecule has 1 heterocycles. The van der Waals surface area contributed by atoms with E-state index < -0.39 is 0 Å². The highest BCUT2D eigenvalue weighted by molar-refractivity contribution is 4.82. The minimum absolute atomic E-state index is 0.753. The van der Waals surface area contributed by atoms with Gasteiger partial charge in [0.2, 0.25) is 0 Å². The molecule has 15 heavy (non-hydrogen) atoms. The number of hydrogen-bond acceptors (Lipinski definition) is 2. The summed E-state index contributed by atoms with van der Waals surface area (Å²) in [6.45, 7) is 3.97. The van der Waals surface area contributed by atoms with Crippen LogP contribution in [0.1, 0.15) is 44.9 Å². The maximum atomic E-state index is 3.56. The first kappa shape index (κ1) is 11.4. The van der Waals surface area contributed by atoms with E-state index in [-0.39, 0.29) is 0 Å². The van der Waals surface area contributed by atoms with E-state index in [1.165, 1.54) is 64.6 Å². The molecule has 2 fully saturated rings. The van der Waals surface area contributed by atoms with E-state index in [2.05, 4.69) is 17.3 Å². The molecule has 1 aliphatic carbocycles. The lowest BCUT2D eigenvalue weighted by molar-refractivity contribution is 0.212. The van der Waals surface area contributed by atoms with E-state index in [4.69, 9.17) is 0 Å². The third kappa shape index (κ3) is 3.18. The van der Waals surface area contributed by atoms with E-state index in [0.717, 1.165) is 12.0 Å². The second-order valence-electron chi connectivity index (χ2n) is 5.30. The van der Waals surface area contributed by atoms with Crippen molar-refractivity contribution in [2.45, 2.75) is 51.0 Å². The summed E-state index contributed by atoms with van der Waals surface area (Å²) in [6.07, 6.45) is 10.1. The summed E-state index contributed by atoms with van der Waals surface area (Å²) in [5, 5.41) is 3.56. The normalized spacial score (nSPS) is 27.0. The molecule has 0 bridgehead atoms. The molecule has 88 valence electrons. The lowest BCUT2D eigenvalue weighted by Crippen LogP contribution is -2.43. The second kappa shape index (κ2) is 5.86. The fraction of sp³-hybridized carbons (Fsp3) is 1.00. The van der Waals surface area contributed by atoms with Crippen molar-refractivity contribution in [3.05, 3.63) is 0 Å². The van der Waals surface area contributed by atoms with Crippen molar-refractivity contribution in [2.24, 2.45) is 5.92 Å². The zero-order valence-electron chi connectivity index (χ0n) is 10.2. The Morgan fingerprint density at radius 1 is 1.07 bits per heavy atom. The molecule has 1 saturated heterocycles. The number of likely N-dealkylation sites (tertiary alicyclic amines) is 1. The van der Waals surface area contributed by atoms with Gasteiger partial charge in [-0.25, -0.2) is 0 Å². The smallest absolute Gasteiger partial charge is 0.0220 e. The molecule has 0 aromatic heterocycles. The number of nitrogens with zero attached hydrogens (tertiary/aromatic N) is 1. The maximum Gasteiger partial charge on any atom is 0.0220 e. The van der Waals surface area contributed by atoms with Gasteiger partial charge in [-0.1, -0.05) is 19.3 Å². The fourth-order valence-corrected chi connectivity index (χ4v) is 3.26. The Hall–Kier alpha value is -0.0800. The van der Waals surface area contributed by atoms with Crippen LogP contribution < -0.4 is 5.32 Å². The zero-order chi connectivity index (χ0) is 10.5. The minimum Gasteiger partial charge on any atom is -0.315 e. The third-order valence-electron chi connectivity index (χ3n) is 4.24. The van der Waals surface area contributed by atoms with Crippen molar-refractivity contribution in [2.75, 3.05) is 26.7 Å². The van der Waals surface area contributed by atoms with Crippen LogP contribution in [-0.2, 0) is 0 Å². The van der Waals surface area contributed by atoms with Gasteiger partial charge in [-0.15, -0.1) is 0 Å². The number of likely N-dealkylation sites (N-methyl/N-ethyl adjacent to an activating group) is 1. The van der Waals surface area contributed by atoms with Gasteiger partial charge in [0.25, 0.3) is 0 Å².